The number of nitrogens with one attached hydrogen (secondary N) is 1. The van der Waals surface area contributed by atoms with Gasteiger partial charge in [0.2, 0.25) is 0 Å². The molecule has 0 saturated heterocycles. The third kappa shape index (κ3) is 4.31. The van der Waals surface area contributed by atoms with Crippen molar-refractivity contribution in [2.24, 2.45) is 5.92 Å². The summed E-state index contributed by atoms with van der Waals surface area (Å²) < 4.78 is 0. The van der Waals surface area contributed by atoms with Crippen molar-refractivity contribution in [1.82, 2.24) is 15.2 Å². The molecule has 3 rings (SSSR count). The normalized spacial score (nSPS) is 14.1. The largest absolute Gasteiger partial charge is 0.480 e. The van der Waals surface area contributed by atoms with Crippen LogP contribution in [-0.4, -0.2) is 44.7 Å². The van der Waals surface area contributed by atoms with E-state index in [-0.39, 0.29) is 35.6 Å². The Bertz CT molecular complexity index is 972. The van der Waals surface area contributed by atoms with E-state index in [0.29, 0.717) is 0 Å². The first-order valence-electron chi connectivity index (χ1n) is 9.20. The Morgan fingerprint density at radius 2 is 1.72 bits per heavy atom. The molecule has 2 N–H and O–H groups in total. The molecule has 1 aromatic carbocycles. The van der Waals surface area contributed by atoms with Crippen LogP contribution in [0.25, 0.3) is 0 Å². The predicted octanol–water partition coefficient (Wildman–Crippen LogP) is 2.11. The topological polar surface area (TPSA) is 117 Å². The van der Waals surface area contributed by atoms with Gasteiger partial charge in [0, 0.05) is 18.0 Å². The number of pyridine rings is 1. The fourth-order valence-corrected chi connectivity index (χ4v) is 3.18. The molecule has 1 aromatic heterocycles. The van der Waals surface area contributed by atoms with Crippen molar-refractivity contribution in [3.8, 4) is 0 Å². The van der Waals surface area contributed by atoms with E-state index in [4.69, 9.17) is 0 Å². The lowest BCUT2D eigenvalue weighted by molar-refractivity contribution is -0.139. The number of imide groups is 1. The molecule has 0 aliphatic carbocycles. The Hall–Kier alpha value is -3.55. The van der Waals surface area contributed by atoms with Gasteiger partial charge in [0.05, 0.1) is 17.7 Å². The van der Waals surface area contributed by atoms with Crippen LogP contribution in [0, 0.1) is 5.92 Å². The molecule has 2 aromatic rings. The molecule has 2 heterocycles. The van der Waals surface area contributed by atoms with Crippen LogP contribution >= 0.6 is 0 Å². The summed E-state index contributed by atoms with van der Waals surface area (Å²) in [6, 6.07) is 6.58. The molecule has 0 saturated carbocycles. The van der Waals surface area contributed by atoms with Gasteiger partial charge in [0.15, 0.2) is 0 Å². The maximum Gasteiger partial charge on any atom is 0.326 e. The lowest BCUT2D eigenvalue weighted by Gasteiger charge is -2.16. The van der Waals surface area contributed by atoms with Crippen LogP contribution in [0.5, 0.6) is 0 Å². The van der Waals surface area contributed by atoms with Crippen molar-refractivity contribution >= 4 is 23.7 Å². The molecule has 0 radical (unpaired) electrons. The second-order valence-corrected chi connectivity index (χ2v) is 7.31. The summed E-state index contributed by atoms with van der Waals surface area (Å²) in [4.78, 5) is 54.2. The van der Waals surface area contributed by atoms with Crippen molar-refractivity contribution < 1.29 is 24.3 Å². The standard InChI is InChI=1S/C21H21N3O5/c1-12(2)9-17(21(28)29)23-18(25)14-3-4-15-16(10-14)20(27)24(19(15)26)11-13-5-7-22-8-6-13/h3-8,10,12,17H,9,11H2,1-2H3,(H,23,25)(H,28,29). The van der Waals surface area contributed by atoms with E-state index in [1.54, 1.807) is 24.5 Å². The SMILES string of the molecule is CC(C)CC(NC(=O)c1ccc2c(c1)C(=O)N(Cc1ccncc1)C2=O)C(=O)O. The van der Waals surface area contributed by atoms with Crippen molar-refractivity contribution in [2.45, 2.75) is 32.9 Å². The van der Waals surface area contributed by atoms with Gasteiger partial charge in [0.25, 0.3) is 17.7 Å². The number of carboxylic acid groups (broad SMARTS) is 1. The molecule has 8 nitrogen and oxygen atoms in total. The Balaban J connectivity index is 1.80. The van der Waals surface area contributed by atoms with Crippen LogP contribution in [0.4, 0.5) is 0 Å². The number of aromatic nitrogens is 1. The van der Waals surface area contributed by atoms with Crippen LogP contribution in [-0.2, 0) is 11.3 Å². The van der Waals surface area contributed by atoms with Gasteiger partial charge in [-0.25, -0.2) is 4.79 Å². The third-order valence-corrected chi connectivity index (χ3v) is 4.63. The van der Waals surface area contributed by atoms with E-state index >= 15 is 0 Å². The van der Waals surface area contributed by atoms with E-state index in [1.807, 2.05) is 13.8 Å². The Morgan fingerprint density at radius 1 is 1.07 bits per heavy atom. The van der Waals surface area contributed by atoms with Gasteiger partial charge in [0.1, 0.15) is 6.04 Å². The summed E-state index contributed by atoms with van der Waals surface area (Å²) in [6.07, 6.45) is 3.43. The van der Waals surface area contributed by atoms with Crippen molar-refractivity contribution in [2.75, 3.05) is 0 Å². The van der Waals surface area contributed by atoms with Crippen molar-refractivity contribution in [3.05, 3.63) is 65.0 Å². The Morgan fingerprint density at radius 3 is 2.34 bits per heavy atom. The number of amides is 3. The molecule has 1 aliphatic heterocycles. The summed E-state index contributed by atoms with van der Waals surface area (Å²) in [5.41, 5.74) is 1.24. The molecule has 29 heavy (non-hydrogen) atoms. The number of carboxylic acids is 1. The average molecular weight is 395 g/mol. The number of nitrogens with zero attached hydrogens (tertiary/aromatic N) is 2. The summed E-state index contributed by atoms with van der Waals surface area (Å²) >= 11 is 0. The van der Waals surface area contributed by atoms with Crippen molar-refractivity contribution in [1.29, 1.82) is 0 Å². The van der Waals surface area contributed by atoms with Gasteiger partial charge in [-0.05, 0) is 48.2 Å². The highest BCUT2D eigenvalue weighted by Gasteiger charge is 2.36. The minimum Gasteiger partial charge on any atom is -0.480 e. The van der Waals surface area contributed by atoms with Crippen LogP contribution in [0.15, 0.2) is 42.7 Å². The number of carbonyl (C=O) groups is 4. The predicted molar refractivity (Wildman–Crippen MR) is 103 cm³/mol. The van der Waals surface area contributed by atoms with Gasteiger partial charge in [-0.1, -0.05) is 13.8 Å². The van der Waals surface area contributed by atoms with E-state index in [1.165, 1.54) is 18.2 Å². The summed E-state index contributed by atoms with van der Waals surface area (Å²) in [5, 5.41) is 11.8. The highest BCUT2D eigenvalue weighted by Crippen LogP contribution is 2.25. The molecule has 1 aliphatic rings. The summed E-state index contributed by atoms with van der Waals surface area (Å²) in [5.74, 6) is -2.57. The van der Waals surface area contributed by atoms with E-state index in [9.17, 15) is 24.3 Å². The molecule has 0 spiro atoms. The molecule has 150 valence electrons. The molecule has 1 unspecified atom stereocenters. The van der Waals surface area contributed by atoms with Gasteiger partial charge < -0.3 is 10.4 Å². The van der Waals surface area contributed by atoms with Gasteiger partial charge in [-0.3, -0.25) is 24.3 Å². The molecular weight excluding hydrogens is 374 g/mol. The average Bonchev–Trinajstić information content (AvgIpc) is 2.92. The van der Waals surface area contributed by atoms with Crippen LogP contribution in [0.3, 0.4) is 0 Å². The molecule has 0 fully saturated rings. The summed E-state index contributed by atoms with van der Waals surface area (Å²) in [6.45, 7) is 3.82. The number of hydrogen-bond acceptors (Lipinski definition) is 5. The third-order valence-electron chi connectivity index (χ3n) is 4.63. The van der Waals surface area contributed by atoms with Crippen LogP contribution < -0.4 is 5.32 Å². The summed E-state index contributed by atoms with van der Waals surface area (Å²) in [7, 11) is 0. The minimum atomic E-state index is -1.12. The van der Waals surface area contributed by atoms with Gasteiger partial charge >= 0.3 is 5.97 Å². The Labute approximate surface area is 167 Å². The zero-order valence-electron chi connectivity index (χ0n) is 16.1. The minimum absolute atomic E-state index is 0.0809. The molecule has 3 amide bonds. The first-order valence-corrected chi connectivity index (χ1v) is 9.20. The lowest BCUT2D eigenvalue weighted by Crippen LogP contribution is -2.41. The van der Waals surface area contributed by atoms with E-state index in [0.717, 1.165) is 10.5 Å². The molecular formula is C21H21N3O5. The first kappa shape index (κ1) is 20.2. The Kier molecular flexibility index (Phi) is 5.72. The smallest absolute Gasteiger partial charge is 0.326 e. The molecule has 0 bridgehead atoms. The van der Waals surface area contributed by atoms with Gasteiger partial charge in [-0.15, -0.1) is 0 Å². The zero-order chi connectivity index (χ0) is 21.1. The monoisotopic (exact) mass is 395 g/mol. The molecule has 8 heteroatoms. The highest BCUT2D eigenvalue weighted by atomic mass is 16.4. The maximum atomic E-state index is 12.7. The number of benzene rings is 1. The fourth-order valence-electron chi connectivity index (χ4n) is 3.18. The zero-order valence-corrected chi connectivity index (χ0v) is 16.1. The molecule has 1 atom stereocenters. The maximum absolute atomic E-state index is 12.7. The van der Waals surface area contributed by atoms with E-state index in [2.05, 4.69) is 10.3 Å². The fraction of sp³-hybridized carbons (Fsp3) is 0.286. The first-order chi connectivity index (χ1) is 13.8. The lowest BCUT2D eigenvalue weighted by atomic mass is 10.0. The number of carbonyl (C=O) groups excluding carboxylic acids is 3. The number of hydrogen-bond donors (Lipinski definition) is 2. The van der Waals surface area contributed by atoms with Crippen LogP contribution in [0.2, 0.25) is 0 Å². The quantitative estimate of drug-likeness (QED) is 0.694. The second kappa shape index (κ2) is 8.22. The van der Waals surface area contributed by atoms with Gasteiger partial charge in [-0.2, -0.15) is 0 Å². The van der Waals surface area contributed by atoms with E-state index < -0.39 is 29.7 Å². The number of rotatable bonds is 7. The number of aliphatic carboxylic acids is 1. The van der Waals surface area contributed by atoms with Crippen LogP contribution in [0.1, 0.15) is 56.9 Å². The second-order valence-electron chi connectivity index (χ2n) is 7.31. The highest BCUT2D eigenvalue weighted by molar-refractivity contribution is 6.22. The van der Waals surface area contributed by atoms with Crippen molar-refractivity contribution in [3.63, 3.8) is 0 Å². The number of fused-ring (bicyclic) bond motifs is 1.